The predicted molar refractivity (Wildman–Crippen MR) is 145 cm³/mol. The maximum atomic E-state index is 13.1. The Balaban J connectivity index is 1.72. The summed E-state index contributed by atoms with van der Waals surface area (Å²) < 4.78 is 5.41. The van der Waals surface area contributed by atoms with E-state index in [1.165, 1.54) is 26.4 Å². The number of rotatable bonds is 14. The molecule has 0 spiro atoms. The van der Waals surface area contributed by atoms with Gasteiger partial charge < -0.3 is 35.4 Å². The van der Waals surface area contributed by atoms with Gasteiger partial charge in [0, 0.05) is 43.0 Å². The first-order chi connectivity index (χ1) is 18.7. The number of aliphatic hydroxyl groups is 2. The van der Waals surface area contributed by atoms with Crippen LogP contribution in [0.15, 0.2) is 54.2 Å². The van der Waals surface area contributed by atoms with Gasteiger partial charge >= 0.3 is 0 Å². The number of ether oxygens (including phenoxy) is 1. The number of carbonyl (C=O) groups excluding carboxylic acids is 2. The third-order valence-electron chi connectivity index (χ3n) is 6.09. The van der Waals surface area contributed by atoms with Crippen molar-refractivity contribution >= 4 is 28.4 Å². The van der Waals surface area contributed by atoms with Gasteiger partial charge in [0.2, 0.25) is 5.91 Å². The summed E-state index contributed by atoms with van der Waals surface area (Å²) in [5.41, 5.74) is 2.40. The minimum Gasteiger partial charge on any atom is -0.390 e. The SMILES string of the molecule is CO[C@H](/C(=N/OCC(=O)N[C@@H](Cc1c[nH]c2ccccc12)C(=O)NCc1cnccn1)[C@@H](O)[C@@H](C)O)C(C)C. The molecule has 5 N–H and O–H groups in total. The van der Waals surface area contributed by atoms with Crippen molar-refractivity contribution in [2.75, 3.05) is 13.7 Å². The Hall–Kier alpha value is -3.87. The van der Waals surface area contributed by atoms with Crippen molar-refractivity contribution in [3.8, 4) is 0 Å². The number of aromatic amines is 1. The molecule has 4 atom stereocenters. The lowest BCUT2D eigenvalue weighted by Gasteiger charge is -2.25. The summed E-state index contributed by atoms with van der Waals surface area (Å²) in [6.07, 6.45) is 3.52. The molecular formula is C27H36N6O6. The van der Waals surface area contributed by atoms with Crippen LogP contribution in [-0.2, 0) is 32.1 Å². The number of oxime groups is 1. The fourth-order valence-electron chi connectivity index (χ4n) is 4.11. The van der Waals surface area contributed by atoms with E-state index in [0.717, 1.165) is 16.5 Å². The van der Waals surface area contributed by atoms with Crippen molar-refractivity contribution in [3.05, 3.63) is 60.3 Å². The Morgan fingerprint density at radius 1 is 1.15 bits per heavy atom. The van der Waals surface area contributed by atoms with E-state index in [-0.39, 0.29) is 24.6 Å². The molecule has 3 rings (SSSR count). The van der Waals surface area contributed by atoms with Crippen LogP contribution < -0.4 is 10.6 Å². The molecule has 3 aromatic rings. The van der Waals surface area contributed by atoms with Gasteiger partial charge in [0.15, 0.2) is 6.61 Å². The molecule has 2 amide bonds. The molecule has 1 aromatic carbocycles. The summed E-state index contributed by atoms with van der Waals surface area (Å²) in [7, 11) is 1.45. The molecular weight excluding hydrogens is 504 g/mol. The van der Waals surface area contributed by atoms with Crippen molar-refractivity contribution in [2.24, 2.45) is 11.1 Å². The van der Waals surface area contributed by atoms with Gasteiger partial charge in [-0.1, -0.05) is 37.2 Å². The first kappa shape index (κ1) is 29.7. The van der Waals surface area contributed by atoms with Gasteiger partial charge in [-0.05, 0) is 24.5 Å². The van der Waals surface area contributed by atoms with Crippen molar-refractivity contribution in [1.29, 1.82) is 0 Å². The number of hydrogen-bond acceptors (Lipinski definition) is 9. The minimum absolute atomic E-state index is 0.0624. The molecule has 0 bridgehead atoms. The Bertz CT molecular complexity index is 1250. The Labute approximate surface area is 226 Å². The number of methoxy groups -OCH3 is 1. The van der Waals surface area contributed by atoms with Crippen molar-refractivity contribution in [2.45, 2.75) is 58.1 Å². The van der Waals surface area contributed by atoms with E-state index >= 15 is 0 Å². The number of amides is 2. The van der Waals surface area contributed by atoms with Gasteiger partial charge in [0.25, 0.3) is 5.91 Å². The number of H-pyrrole nitrogens is 1. The third-order valence-corrected chi connectivity index (χ3v) is 6.09. The number of aromatic nitrogens is 3. The van der Waals surface area contributed by atoms with Crippen LogP contribution in [0.25, 0.3) is 10.9 Å². The van der Waals surface area contributed by atoms with Crippen molar-refractivity contribution in [1.82, 2.24) is 25.6 Å². The number of nitrogens with zero attached hydrogens (tertiary/aromatic N) is 3. The van der Waals surface area contributed by atoms with Crippen LogP contribution in [0.1, 0.15) is 32.0 Å². The van der Waals surface area contributed by atoms with Crippen LogP contribution in [0.5, 0.6) is 0 Å². The van der Waals surface area contributed by atoms with Gasteiger partial charge in [-0.3, -0.25) is 19.6 Å². The van der Waals surface area contributed by atoms with Crippen LogP contribution in [0.2, 0.25) is 0 Å². The highest BCUT2D eigenvalue weighted by Crippen LogP contribution is 2.19. The van der Waals surface area contributed by atoms with E-state index in [9.17, 15) is 19.8 Å². The number of para-hydroxylation sites is 1. The summed E-state index contributed by atoms with van der Waals surface area (Å²) in [6, 6.07) is 6.74. The second-order valence-corrected chi connectivity index (χ2v) is 9.47. The van der Waals surface area contributed by atoms with Gasteiger partial charge in [0.05, 0.1) is 24.5 Å². The van der Waals surface area contributed by atoms with Crippen molar-refractivity contribution < 1.29 is 29.4 Å². The number of nitrogens with one attached hydrogen (secondary N) is 3. The largest absolute Gasteiger partial charge is 0.390 e. The lowest BCUT2D eigenvalue weighted by atomic mass is 9.96. The zero-order chi connectivity index (χ0) is 28.4. The van der Waals surface area contributed by atoms with E-state index in [0.29, 0.717) is 5.69 Å². The maximum Gasteiger partial charge on any atom is 0.261 e. The average molecular weight is 541 g/mol. The number of benzene rings is 1. The van der Waals surface area contributed by atoms with Crippen LogP contribution in [-0.4, -0.2) is 80.8 Å². The van der Waals surface area contributed by atoms with Crippen LogP contribution in [0, 0.1) is 5.92 Å². The third kappa shape index (κ3) is 8.31. The molecule has 0 aliphatic rings. The van der Waals surface area contributed by atoms with E-state index in [2.05, 4.69) is 30.7 Å². The lowest BCUT2D eigenvalue weighted by Crippen LogP contribution is -2.49. The second kappa shape index (κ2) is 14.3. The normalized spacial score (nSPS) is 15.0. The number of aliphatic hydroxyl groups excluding tert-OH is 2. The highest BCUT2D eigenvalue weighted by atomic mass is 16.6. The second-order valence-electron chi connectivity index (χ2n) is 9.47. The molecule has 12 heteroatoms. The molecule has 0 aliphatic heterocycles. The molecule has 0 saturated heterocycles. The molecule has 39 heavy (non-hydrogen) atoms. The Morgan fingerprint density at radius 2 is 1.92 bits per heavy atom. The first-order valence-electron chi connectivity index (χ1n) is 12.7. The van der Waals surface area contributed by atoms with Gasteiger partial charge in [-0.2, -0.15) is 0 Å². The fraction of sp³-hybridized carbons (Fsp3) is 0.444. The van der Waals surface area contributed by atoms with Gasteiger partial charge in [-0.25, -0.2) is 0 Å². The quantitative estimate of drug-likeness (QED) is 0.149. The molecule has 0 aliphatic carbocycles. The van der Waals surface area contributed by atoms with E-state index in [1.54, 1.807) is 12.4 Å². The first-order valence-corrected chi connectivity index (χ1v) is 12.7. The molecule has 0 radical (unpaired) electrons. The summed E-state index contributed by atoms with van der Waals surface area (Å²) in [4.78, 5) is 42.5. The molecule has 0 unspecified atom stereocenters. The monoisotopic (exact) mass is 540 g/mol. The van der Waals surface area contributed by atoms with E-state index < -0.39 is 42.8 Å². The number of carbonyl (C=O) groups is 2. The average Bonchev–Trinajstić information content (AvgIpc) is 3.33. The molecule has 0 saturated carbocycles. The molecule has 12 nitrogen and oxygen atoms in total. The highest BCUT2D eigenvalue weighted by Gasteiger charge is 2.30. The molecule has 2 heterocycles. The molecule has 2 aromatic heterocycles. The maximum absolute atomic E-state index is 13.1. The Kier molecular flexibility index (Phi) is 10.9. The van der Waals surface area contributed by atoms with E-state index in [1.807, 2.05) is 38.1 Å². The van der Waals surface area contributed by atoms with E-state index in [4.69, 9.17) is 9.57 Å². The van der Waals surface area contributed by atoms with Crippen LogP contribution >= 0.6 is 0 Å². The molecule has 210 valence electrons. The zero-order valence-electron chi connectivity index (χ0n) is 22.5. The predicted octanol–water partition coefficient (Wildman–Crippen LogP) is 1.09. The van der Waals surface area contributed by atoms with Gasteiger partial charge in [0.1, 0.15) is 24.0 Å². The van der Waals surface area contributed by atoms with Crippen LogP contribution in [0.4, 0.5) is 0 Å². The summed E-state index contributed by atoms with van der Waals surface area (Å²) in [5.74, 6) is -1.09. The summed E-state index contributed by atoms with van der Waals surface area (Å²) in [6.45, 7) is 4.75. The summed E-state index contributed by atoms with van der Waals surface area (Å²) >= 11 is 0. The van der Waals surface area contributed by atoms with Crippen LogP contribution in [0.3, 0.4) is 0 Å². The molecule has 0 fully saturated rings. The topological polar surface area (TPSA) is 171 Å². The van der Waals surface area contributed by atoms with Crippen molar-refractivity contribution in [3.63, 3.8) is 0 Å². The minimum atomic E-state index is -1.35. The number of fused-ring (bicyclic) bond motifs is 1. The Morgan fingerprint density at radius 3 is 2.59 bits per heavy atom. The highest BCUT2D eigenvalue weighted by molar-refractivity contribution is 5.93. The smallest absolute Gasteiger partial charge is 0.261 e. The standard InChI is InChI=1S/C27H36N6O6/c1-16(2)26(38-4)24(25(36)17(3)34)33-39-15-23(35)32-22(27(37)31-14-19-13-28-9-10-29-19)11-18-12-30-21-8-6-5-7-20(18)21/h5-10,12-13,16-17,22,25-26,30,34,36H,11,14-15H2,1-4H3,(H,31,37)(H,32,35)/b33-24+/t17-,22+,25+,26+/m1/s1. The fourth-order valence-corrected chi connectivity index (χ4v) is 4.11. The lowest BCUT2D eigenvalue weighted by molar-refractivity contribution is -0.131. The zero-order valence-corrected chi connectivity index (χ0v) is 22.5. The number of hydrogen-bond donors (Lipinski definition) is 5. The summed E-state index contributed by atoms with van der Waals surface area (Å²) in [5, 5.41) is 30.6. The van der Waals surface area contributed by atoms with Gasteiger partial charge in [-0.15, -0.1) is 0 Å².